The number of anilines is 1. The van der Waals surface area contributed by atoms with Gasteiger partial charge in [0.05, 0.1) is 6.04 Å². The summed E-state index contributed by atoms with van der Waals surface area (Å²) in [5.74, 6) is -1.23. The lowest BCUT2D eigenvalue weighted by molar-refractivity contribution is -0.125. The van der Waals surface area contributed by atoms with Gasteiger partial charge in [-0.15, -0.1) is 0 Å². The monoisotopic (exact) mass is 394 g/mol. The Labute approximate surface area is 148 Å². The van der Waals surface area contributed by atoms with Crippen molar-refractivity contribution in [1.29, 1.82) is 0 Å². The van der Waals surface area contributed by atoms with Crippen LogP contribution >= 0.6 is 15.9 Å². The molecule has 24 heavy (non-hydrogen) atoms. The molecule has 1 aliphatic heterocycles. The molecule has 2 aromatic carbocycles. The van der Waals surface area contributed by atoms with Gasteiger partial charge in [-0.05, 0) is 37.3 Å². The predicted octanol–water partition coefficient (Wildman–Crippen LogP) is 3.96. The zero-order valence-corrected chi connectivity index (χ0v) is 14.8. The number of hydrogen-bond acceptors (Lipinski definition) is 2. The van der Waals surface area contributed by atoms with Gasteiger partial charge >= 0.3 is 0 Å². The topological polar surface area (TPSA) is 23.6 Å². The number of piperazine rings is 1. The molecule has 0 saturated carbocycles. The normalized spacial score (nSPS) is 18.9. The maximum absolute atomic E-state index is 13.8. The highest BCUT2D eigenvalue weighted by Gasteiger charge is 2.33. The summed E-state index contributed by atoms with van der Waals surface area (Å²) < 4.78 is 28.6. The highest BCUT2D eigenvalue weighted by atomic mass is 79.9. The van der Waals surface area contributed by atoms with Crippen LogP contribution in [0.4, 0.5) is 14.5 Å². The standard InChI is InChI=1S/C18H17BrF2N2O/c1-12-18(24)23(14-5-2-4-13(19)10-14)9-8-22(12)11-15-16(20)6-3-7-17(15)21/h2-7,10,12H,8-9,11H2,1H3/t12-/m1/s1. The minimum atomic E-state index is -0.580. The van der Waals surface area contributed by atoms with Crippen molar-refractivity contribution in [2.45, 2.75) is 19.5 Å². The Kier molecular flexibility index (Phi) is 4.96. The fourth-order valence-corrected chi connectivity index (χ4v) is 3.30. The molecule has 0 aliphatic carbocycles. The molecule has 6 heteroatoms. The molecule has 1 heterocycles. The third kappa shape index (κ3) is 3.35. The van der Waals surface area contributed by atoms with E-state index in [2.05, 4.69) is 15.9 Å². The third-order valence-corrected chi connectivity index (χ3v) is 4.82. The SMILES string of the molecule is C[C@@H]1C(=O)N(c2cccc(Br)c2)CCN1Cc1c(F)cccc1F. The van der Waals surface area contributed by atoms with E-state index in [-0.39, 0.29) is 18.0 Å². The molecule has 3 nitrogen and oxygen atoms in total. The van der Waals surface area contributed by atoms with Crippen molar-refractivity contribution in [3.05, 3.63) is 64.1 Å². The van der Waals surface area contributed by atoms with Crippen LogP contribution in [0.2, 0.25) is 0 Å². The van der Waals surface area contributed by atoms with Crippen LogP contribution in [0.5, 0.6) is 0 Å². The van der Waals surface area contributed by atoms with Crippen LogP contribution in [-0.4, -0.2) is 29.9 Å². The predicted molar refractivity (Wildman–Crippen MR) is 92.7 cm³/mol. The van der Waals surface area contributed by atoms with Crippen LogP contribution in [0.25, 0.3) is 0 Å². The van der Waals surface area contributed by atoms with Crippen LogP contribution in [0.1, 0.15) is 12.5 Å². The third-order valence-electron chi connectivity index (χ3n) is 4.32. The molecular weight excluding hydrogens is 378 g/mol. The van der Waals surface area contributed by atoms with Crippen LogP contribution in [0.15, 0.2) is 46.9 Å². The smallest absolute Gasteiger partial charge is 0.244 e. The Hall–Kier alpha value is -1.79. The number of halogens is 3. The van der Waals surface area contributed by atoms with Crippen LogP contribution in [0.3, 0.4) is 0 Å². The van der Waals surface area contributed by atoms with E-state index < -0.39 is 17.7 Å². The Morgan fingerprint density at radius 1 is 1.12 bits per heavy atom. The number of carbonyl (C=O) groups is 1. The lowest BCUT2D eigenvalue weighted by Crippen LogP contribution is -2.55. The summed E-state index contributed by atoms with van der Waals surface area (Å²) in [4.78, 5) is 16.2. The van der Waals surface area contributed by atoms with Gasteiger partial charge in [0.25, 0.3) is 0 Å². The zero-order chi connectivity index (χ0) is 17.3. The van der Waals surface area contributed by atoms with E-state index >= 15 is 0 Å². The molecule has 0 N–H and O–H groups in total. The molecule has 0 radical (unpaired) electrons. The first kappa shape index (κ1) is 17.0. The van der Waals surface area contributed by atoms with Crippen molar-refractivity contribution >= 4 is 27.5 Å². The molecule has 0 spiro atoms. The number of rotatable bonds is 3. The zero-order valence-electron chi connectivity index (χ0n) is 13.2. The second-order valence-electron chi connectivity index (χ2n) is 5.82. The maximum Gasteiger partial charge on any atom is 0.244 e. The molecule has 0 unspecified atom stereocenters. The number of amides is 1. The molecule has 0 aromatic heterocycles. The molecular formula is C18H17BrF2N2O. The number of hydrogen-bond donors (Lipinski definition) is 0. The summed E-state index contributed by atoms with van der Waals surface area (Å²) in [6, 6.07) is 10.9. The summed E-state index contributed by atoms with van der Waals surface area (Å²) in [7, 11) is 0. The number of carbonyl (C=O) groups excluding carboxylic acids is 1. The Morgan fingerprint density at radius 2 is 1.79 bits per heavy atom. The molecule has 0 bridgehead atoms. The Balaban J connectivity index is 1.78. The van der Waals surface area contributed by atoms with Crippen molar-refractivity contribution in [3.63, 3.8) is 0 Å². The molecule has 1 amide bonds. The van der Waals surface area contributed by atoms with Crippen molar-refractivity contribution in [3.8, 4) is 0 Å². The quantitative estimate of drug-likeness (QED) is 0.786. The van der Waals surface area contributed by atoms with Gasteiger partial charge in [0.1, 0.15) is 11.6 Å². The van der Waals surface area contributed by atoms with Crippen molar-refractivity contribution in [2.75, 3.05) is 18.0 Å². The molecule has 1 saturated heterocycles. The van der Waals surface area contributed by atoms with E-state index in [0.29, 0.717) is 13.1 Å². The maximum atomic E-state index is 13.8. The van der Waals surface area contributed by atoms with Gasteiger partial charge in [0.2, 0.25) is 5.91 Å². The fourth-order valence-electron chi connectivity index (χ4n) is 2.92. The van der Waals surface area contributed by atoms with Gasteiger partial charge < -0.3 is 4.90 Å². The highest BCUT2D eigenvalue weighted by Crippen LogP contribution is 2.25. The first-order chi connectivity index (χ1) is 11.5. The van der Waals surface area contributed by atoms with E-state index in [1.807, 2.05) is 24.3 Å². The Bertz CT molecular complexity index is 748. The number of benzene rings is 2. The van der Waals surface area contributed by atoms with E-state index in [9.17, 15) is 13.6 Å². The van der Waals surface area contributed by atoms with Gasteiger partial charge in [-0.1, -0.05) is 28.1 Å². The lowest BCUT2D eigenvalue weighted by Gasteiger charge is -2.39. The van der Waals surface area contributed by atoms with Gasteiger partial charge in [0, 0.05) is 35.4 Å². The Morgan fingerprint density at radius 3 is 2.46 bits per heavy atom. The first-order valence-electron chi connectivity index (χ1n) is 7.71. The summed E-state index contributed by atoms with van der Waals surface area (Å²) in [5, 5.41) is 0. The van der Waals surface area contributed by atoms with E-state index in [4.69, 9.17) is 0 Å². The van der Waals surface area contributed by atoms with Gasteiger partial charge in [-0.3, -0.25) is 9.69 Å². The summed E-state index contributed by atoms with van der Waals surface area (Å²) >= 11 is 3.40. The fraction of sp³-hybridized carbons (Fsp3) is 0.278. The van der Waals surface area contributed by atoms with Gasteiger partial charge in [0.15, 0.2) is 0 Å². The van der Waals surface area contributed by atoms with Gasteiger partial charge in [-0.2, -0.15) is 0 Å². The first-order valence-corrected chi connectivity index (χ1v) is 8.50. The van der Waals surface area contributed by atoms with E-state index in [1.165, 1.54) is 18.2 Å². The van der Waals surface area contributed by atoms with Crippen LogP contribution in [0, 0.1) is 11.6 Å². The second-order valence-corrected chi connectivity index (χ2v) is 6.73. The summed E-state index contributed by atoms with van der Waals surface area (Å²) in [6.45, 7) is 2.88. The minimum absolute atomic E-state index is 0.00746. The molecule has 1 atom stereocenters. The van der Waals surface area contributed by atoms with Crippen molar-refractivity contribution in [1.82, 2.24) is 4.90 Å². The molecule has 2 aromatic rings. The van der Waals surface area contributed by atoms with Crippen LogP contribution in [-0.2, 0) is 11.3 Å². The average molecular weight is 395 g/mol. The van der Waals surface area contributed by atoms with Crippen molar-refractivity contribution < 1.29 is 13.6 Å². The largest absolute Gasteiger partial charge is 0.310 e. The second kappa shape index (κ2) is 6.99. The lowest BCUT2D eigenvalue weighted by atomic mass is 10.1. The molecule has 126 valence electrons. The molecule has 1 aliphatic rings. The molecule has 1 fully saturated rings. The van der Waals surface area contributed by atoms with Crippen molar-refractivity contribution in [2.24, 2.45) is 0 Å². The molecule has 3 rings (SSSR count). The van der Waals surface area contributed by atoms with E-state index in [0.717, 1.165) is 10.2 Å². The van der Waals surface area contributed by atoms with Gasteiger partial charge in [-0.25, -0.2) is 8.78 Å². The summed E-state index contributed by atoms with van der Waals surface area (Å²) in [5.41, 5.74) is 0.825. The highest BCUT2D eigenvalue weighted by molar-refractivity contribution is 9.10. The van der Waals surface area contributed by atoms with Crippen LogP contribution < -0.4 is 4.90 Å². The average Bonchev–Trinajstić information content (AvgIpc) is 2.55. The summed E-state index contributed by atoms with van der Waals surface area (Å²) in [6.07, 6.45) is 0. The number of nitrogens with zero attached hydrogens (tertiary/aromatic N) is 2. The minimum Gasteiger partial charge on any atom is -0.310 e. The van der Waals surface area contributed by atoms with E-state index in [1.54, 1.807) is 16.7 Å².